The predicted molar refractivity (Wildman–Crippen MR) is 98.9 cm³/mol. The van der Waals surface area contributed by atoms with Crippen LogP contribution in [0.4, 0.5) is 11.4 Å². The number of hydrogen-bond donors (Lipinski definition) is 2. The predicted octanol–water partition coefficient (Wildman–Crippen LogP) is 4.24. The Hall–Kier alpha value is -2.27. The minimum Gasteiger partial charge on any atom is -0.326 e. The number of carbonyl (C=O) groups excluding carboxylic acids is 2. The van der Waals surface area contributed by atoms with Crippen LogP contribution in [0.15, 0.2) is 41.3 Å². The Morgan fingerprint density at radius 2 is 2.00 bits per heavy atom. The molecule has 5 heteroatoms. The molecule has 1 heterocycles. The van der Waals surface area contributed by atoms with E-state index in [0.29, 0.717) is 12.0 Å². The molecule has 0 radical (unpaired) electrons. The third kappa shape index (κ3) is 3.62. The molecule has 0 fully saturated rings. The third-order valence-corrected chi connectivity index (χ3v) is 4.90. The van der Waals surface area contributed by atoms with Crippen molar-refractivity contribution in [2.75, 3.05) is 16.9 Å². The summed E-state index contributed by atoms with van der Waals surface area (Å²) in [5.74, 6) is -0.0592. The zero-order valence-electron chi connectivity index (χ0n) is 13.8. The number of rotatable bonds is 3. The summed E-state index contributed by atoms with van der Waals surface area (Å²) in [5.41, 5.74) is 4.30. The summed E-state index contributed by atoms with van der Waals surface area (Å²) < 4.78 is 0. The van der Waals surface area contributed by atoms with Crippen molar-refractivity contribution in [3.63, 3.8) is 0 Å². The number of benzene rings is 2. The number of aryl methyl sites for hydroxylation is 2. The highest BCUT2D eigenvalue weighted by Gasteiger charge is 2.15. The molecule has 124 valence electrons. The van der Waals surface area contributed by atoms with E-state index < -0.39 is 0 Å². The van der Waals surface area contributed by atoms with Crippen molar-refractivity contribution in [2.45, 2.75) is 31.1 Å². The standard InChI is InChI=1S/C19H20N2O2S/c1-12-6-8-15(24-2)11-16(12)19(23)20-14-7-9-17-13(10-14)4-3-5-18(22)21-17/h6-11H,3-5H2,1-2H3,(H,20,23)(H,21,22). The molecular formula is C19H20N2O2S. The maximum atomic E-state index is 12.6. The monoisotopic (exact) mass is 340 g/mol. The van der Waals surface area contributed by atoms with Gasteiger partial charge in [0.2, 0.25) is 5.91 Å². The van der Waals surface area contributed by atoms with E-state index in [1.54, 1.807) is 11.8 Å². The molecule has 0 saturated heterocycles. The molecule has 0 bridgehead atoms. The molecule has 1 aliphatic rings. The number of amides is 2. The van der Waals surface area contributed by atoms with Crippen molar-refractivity contribution in [2.24, 2.45) is 0 Å². The summed E-state index contributed by atoms with van der Waals surface area (Å²) in [7, 11) is 0. The molecule has 24 heavy (non-hydrogen) atoms. The smallest absolute Gasteiger partial charge is 0.255 e. The number of nitrogens with one attached hydrogen (secondary N) is 2. The van der Waals surface area contributed by atoms with E-state index in [2.05, 4.69) is 10.6 Å². The lowest BCUT2D eigenvalue weighted by molar-refractivity contribution is -0.116. The van der Waals surface area contributed by atoms with Crippen LogP contribution in [0, 0.1) is 6.92 Å². The fraction of sp³-hybridized carbons (Fsp3) is 0.263. The maximum Gasteiger partial charge on any atom is 0.255 e. The van der Waals surface area contributed by atoms with Crippen molar-refractivity contribution in [3.8, 4) is 0 Å². The second-order valence-electron chi connectivity index (χ2n) is 5.91. The Bertz CT molecular complexity index is 802. The van der Waals surface area contributed by atoms with Crippen LogP contribution in [0.1, 0.15) is 34.3 Å². The van der Waals surface area contributed by atoms with Gasteiger partial charge in [0.25, 0.3) is 5.91 Å². The van der Waals surface area contributed by atoms with Crippen LogP contribution in [-0.4, -0.2) is 18.1 Å². The second-order valence-corrected chi connectivity index (χ2v) is 6.79. The average molecular weight is 340 g/mol. The minimum atomic E-state index is -0.110. The van der Waals surface area contributed by atoms with E-state index in [1.165, 1.54) is 0 Å². The molecule has 1 aliphatic heterocycles. The van der Waals surface area contributed by atoms with E-state index >= 15 is 0 Å². The molecule has 2 amide bonds. The molecule has 2 N–H and O–H groups in total. The molecule has 3 rings (SSSR count). The SMILES string of the molecule is CSc1ccc(C)c(C(=O)Nc2ccc3c(c2)CCCC(=O)N3)c1. The van der Waals surface area contributed by atoms with Crippen LogP contribution in [0.2, 0.25) is 0 Å². The van der Waals surface area contributed by atoms with Crippen LogP contribution in [0.3, 0.4) is 0 Å². The summed E-state index contributed by atoms with van der Waals surface area (Å²) in [6.07, 6.45) is 4.19. The van der Waals surface area contributed by atoms with Crippen LogP contribution in [0.25, 0.3) is 0 Å². The summed E-state index contributed by atoms with van der Waals surface area (Å²) >= 11 is 1.62. The first-order valence-corrected chi connectivity index (χ1v) is 9.18. The Morgan fingerprint density at radius 3 is 2.79 bits per heavy atom. The molecule has 0 aliphatic carbocycles. The van der Waals surface area contributed by atoms with Crippen LogP contribution in [0.5, 0.6) is 0 Å². The summed E-state index contributed by atoms with van der Waals surface area (Å²) in [6, 6.07) is 11.5. The van der Waals surface area contributed by atoms with E-state index in [-0.39, 0.29) is 11.8 Å². The molecular weight excluding hydrogens is 320 g/mol. The molecule has 2 aromatic carbocycles. The quantitative estimate of drug-likeness (QED) is 0.822. The van der Waals surface area contributed by atoms with Gasteiger partial charge in [0.1, 0.15) is 0 Å². The van der Waals surface area contributed by atoms with Gasteiger partial charge in [-0.15, -0.1) is 11.8 Å². The van der Waals surface area contributed by atoms with Gasteiger partial charge in [0, 0.05) is 28.3 Å². The molecule has 2 aromatic rings. The highest BCUT2D eigenvalue weighted by molar-refractivity contribution is 7.98. The largest absolute Gasteiger partial charge is 0.326 e. The van der Waals surface area contributed by atoms with E-state index in [9.17, 15) is 9.59 Å². The van der Waals surface area contributed by atoms with Gasteiger partial charge in [0.05, 0.1) is 0 Å². The first-order valence-electron chi connectivity index (χ1n) is 7.95. The van der Waals surface area contributed by atoms with Gasteiger partial charge in [-0.2, -0.15) is 0 Å². The van der Waals surface area contributed by atoms with Crippen LogP contribution < -0.4 is 10.6 Å². The fourth-order valence-electron chi connectivity index (χ4n) is 2.82. The second kappa shape index (κ2) is 7.09. The molecule has 0 atom stereocenters. The van der Waals surface area contributed by atoms with E-state index in [0.717, 1.165) is 40.2 Å². The lowest BCUT2D eigenvalue weighted by atomic mass is 10.1. The van der Waals surface area contributed by atoms with Crippen molar-refractivity contribution in [3.05, 3.63) is 53.1 Å². The third-order valence-electron chi connectivity index (χ3n) is 4.18. The van der Waals surface area contributed by atoms with Gasteiger partial charge in [-0.3, -0.25) is 9.59 Å². The van der Waals surface area contributed by atoms with Crippen LogP contribution >= 0.6 is 11.8 Å². The fourth-order valence-corrected chi connectivity index (χ4v) is 3.26. The molecule has 0 spiro atoms. The number of carbonyl (C=O) groups is 2. The van der Waals surface area contributed by atoms with Gasteiger partial charge >= 0.3 is 0 Å². The zero-order valence-corrected chi connectivity index (χ0v) is 14.6. The highest BCUT2D eigenvalue weighted by Crippen LogP contribution is 2.26. The van der Waals surface area contributed by atoms with Gasteiger partial charge in [-0.1, -0.05) is 6.07 Å². The number of thioether (sulfide) groups is 1. The maximum absolute atomic E-state index is 12.6. The Morgan fingerprint density at radius 1 is 1.17 bits per heavy atom. The lowest BCUT2D eigenvalue weighted by Crippen LogP contribution is -2.14. The first-order chi connectivity index (χ1) is 11.6. The topological polar surface area (TPSA) is 58.2 Å². The van der Waals surface area contributed by atoms with Crippen LogP contribution in [-0.2, 0) is 11.2 Å². The Kier molecular flexibility index (Phi) is 4.90. The van der Waals surface area contributed by atoms with Gasteiger partial charge in [-0.25, -0.2) is 0 Å². The van der Waals surface area contributed by atoms with Crippen molar-refractivity contribution < 1.29 is 9.59 Å². The lowest BCUT2D eigenvalue weighted by Gasteiger charge is -2.12. The zero-order chi connectivity index (χ0) is 17.1. The number of fused-ring (bicyclic) bond motifs is 1. The van der Waals surface area contributed by atoms with E-state index in [4.69, 9.17) is 0 Å². The van der Waals surface area contributed by atoms with Crippen molar-refractivity contribution >= 4 is 35.0 Å². The Balaban J connectivity index is 1.82. The first kappa shape index (κ1) is 16.6. The summed E-state index contributed by atoms with van der Waals surface area (Å²) in [6.45, 7) is 1.94. The highest BCUT2D eigenvalue weighted by atomic mass is 32.2. The van der Waals surface area contributed by atoms with Crippen molar-refractivity contribution in [1.29, 1.82) is 0 Å². The normalized spacial score (nSPS) is 13.7. The average Bonchev–Trinajstić information content (AvgIpc) is 2.75. The molecule has 4 nitrogen and oxygen atoms in total. The van der Waals surface area contributed by atoms with E-state index in [1.807, 2.05) is 49.6 Å². The van der Waals surface area contributed by atoms with Gasteiger partial charge < -0.3 is 10.6 Å². The minimum absolute atomic E-state index is 0.0510. The Labute approximate surface area is 146 Å². The molecule has 0 unspecified atom stereocenters. The van der Waals surface area contributed by atoms with Gasteiger partial charge in [0.15, 0.2) is 0 Å². The summed E-state index contributed by atoms with van der Waals surface area (Å²) in [5, 5.41) is 5.88. The summed E-state index contributed by atoms with van der Waals surface area (Å²) in [4.78, 5) is 25.3. The molecule has 0 aromatic heterocycles. The van der Waals surface area contributed by atoms with Crippen molar-refractivity contribution in [1.82, 2.24) is 0 Å². The number of anilines is 2. The number of hydrogen-bond acceptors (Lipinski definition) is 3. The molecule has 0 saturated carbocycles. The van der Waals surface area contributed by atoms with Gasteiger partial charge in [-0.05, 0) is 67.5 Å².